The minimum Gasteiger partial charge on any atom is -0.456 e. The molecular formula is C72H44N2O2. The van der Waals surface area contributed by atoms with Gasteiger partial charge < -0.3 is 18.0 Å². The normalized spacial score (nSPS) is 11.9. The van der Waals surface area contributed by atoms with Gasteiger partial charge in [-0.15, -0.1) is 0 Å². The van der Waals surface area contributed by atoms with Crippen LogP contribution in [0.4, 0.5) is 0 Å². The fourth-order valence-corrected chi connectivity index (χ4v) is 12.1. The van der Waals surface area contributed by atoms with Crippen molar-refractivity contribution >= 4 is 87.5 Å². The summed E-state index contributed by atoms with van der Waals surface area (Å²) in [5.41, 5.74) is 21.6. The topological polar surface area (TPSA) is 36.1 Å². The van der Waals surface area contributed by atoms with Crippen LogP contribution < -0.4 is 0 Å². The number of para-hydroxylation sites is 5. The molecule has 0 spiro atoms. The first kappa shape index (κ1) is 42.4. The van der Waals surface area contributed by atoms with Gasteiger partial charge in [0.1, 0.15) is 16.7 Å². The maximum Gasteiger partial charge on any atom is 0.159 e. The number of benzene rings is 12. The largest absolute Gasteiger partial charge is 0.456 e. The minimum absolute atomic E-state index is 0.852. The van der Waals surface area contributed by atoms with Crippen LogP contribution in [-0.2, 0) is 0 Å². The molecule has 0 bridgehead atoms. The van der Waals surface area contributed by atoms with E-state index in [1.165, 1.54) is 43.8 Å². The van der Waals surface area contributed by atoms with Crippen LogP contribution in [0.25, 0.3) is 154 Å². The van der Waals surface area contributed by atoms with Crippen LogP contribution in [0.3, 0.4) is 0 Å². The van der Waals surface area contributed by atoms with Crippen molar-refractivity contribution in [3.05, 3.63) is 267 Å². The van der Waals surface area contributed by atoms with Crippen LogP contribution in [0.1, 0.15) is 0 Å². The summed E-state index contributed by atoms with van der Waals surface area (Å²) < 4.78 is 18.3. The molecule has 0 aliphatic carbocycles. The van der Waals surface area contributed by atoms with Gasteiger partial charge >= 0.3 is 0 Å². The van der Waals surface area contributed by atoms with Crippen LogP contribution in [0.15, 0.2) is 276 Å². The molecule has 4 heteroatoms. The van der Waals surface area contributed by atoms with E-state index >= 15 is 0 Å². The number of rotatable bonds is 7. The first-order valence-corrected chi connectivity index (χ1v) is 26.0. The van der Waals surface area contributed by atoms with E-state index in [2.05, 4.69) is 264 Å². The highest BCUT2D eigenvalue weighted by Gasteiger charge is 2.22. The predicted molar refractivity (Wildman–Crippen MR) is 317 cm³/mol. The van der Waals surface area contributed by atoms with E-state index in [1.807, 2.05) is 12.1 Å². The summed E-state index contributed by atoms with van der Waals surface area (Å²) >= 11 is 0. The summed E-state index contributed by atoms with van der Waals surface area (Å²) in [5.74, 6) is 0. The second-order valence-electron chi connectivity index (χ2n) is 20.0. The monoisotopic (exact) mass is 968 g/mol. The smallest absolute Gasteiger partial charge is 0.159 e. The molecular weight excluding hydrogens is 925 g/mol. The standard InChI is InChI=1S/C72H44N2O2/c1-2-15-45(16-3-1)52-35-37-67-61(41-52)57-23-6-8-26-64(57)73(67)54-43-60(71-63(44-54)59-25-14-29-68(72(59)76-71)74-65-27-9-4-21-55(65)56-22-5-10-28-66(56)74)47-33-31-46(32-34-47)48-17-12-18-49(39-48)50-19-13-20-51(40-50)53-36-38-70-62(42-53)58-24-7-11-30-69(58)75-70/h1-44H. The Kier molecular flexibility index (Phi) is 9.30. The molecule has 0 N–H and O–H groups in total. The number of nitrogens with zero attached hydrogens (tertiary/aromatic N) is 2. The highest BCUT2D eigenvalue weighted by atomic mass is 16.3. The third kappa shape index (κ3) is 6.57. The molecule has 0 saturated heterocycles. The number of hydrogen-bond acceptors (Lipinski definition) is 2. The summed E-state index contributed by atoms with van der Waals surface area (Å²) in [5, 5.41) is 9.25. The van der Waals surface area contributed by atoms with Gasteiger partial charge in [-0.05, 0) is 129 Å². The van der Waals surface area contributed by atoms with E-state index in [0.717, 1.165) is 111 Å². The Hall–Kier alpha value is -10.2. The SMILES string of the molecule is c1ccc(-c2ccc3c(c2)c2ccccc2n3-c2cc(-c3ccc(-c4cccc(-c5cccc(-c6ccc7oc8ccccc8c7c6)c5)c4)cc3)c3oc4c(-n5c6ccccc6c6ccccc65)cccc4c3c2)cc1. The molecule has 0 saturated carbocycles. The van der Waals surface area contributed by atoms with Crippen molar-refractivity contribution in [1.29, 1.82) is 0 Å². The molecule has 0 unspecified atom stereocenters. The molecule has 0 atom stereocenters. The number of hydrogen-bond donors (Lipinski definition) is 0. The molecule has 0 aliphatic heterocycles. The molecule has 4 heterocycles. The minimum atomic E-state index is 0.852. The van der Waals surface area contributed by atoms with Gasteiger partial charge in [-0.1, -0.05) is 188 Å². The van der Waals surface area contributed by atoms with Crippen molar-refractivity contribution in [3.8, 4) is 67.0 Å². The van der Waals surface area contributed by atoms with Gasteiger partial charge in [0.25, 0.3) is 0 Å². The average molecular weight is 969 g/mol. The van der Waals surface area contributed by atoms with E-state index in [-0.39, 0.29) is 0 Å². The lowest BCUT2D eigenvalue weighted by Crippen LogP contribution is -1.95. The summed E-state index contributed by atoms with van der Waals surface area (Å²) in [6, 6.07) is 96.5. The van der Waals surface area contributed by atoms with E-state index in [4.69, 9.17) is 8.83 Å². The van der Waals surface area contributed by atoms with E-state index < -0.39 is 0 Å². The zero-order chi connectivity index (χ0) is 49.8. The van der Waals surface area contributed by atoms with Crippen molar-refractivity contribution in [2.45, 2.75) is 0 Å². The van der Waals surface area contributed by atoms with Crippen molar-refractivity contribution in [3.63, 3.8) is 0 Å². The summed E-state index contributed by atoms with van der Waals surface area (Å²) in [7, 11) is 0. The summed E-state index contributed by atoms with van der Waals surface area (Å²) in [4.78, 5) is 0. The second kappa shape index (κ2) is 16.7. The van der Waals surface area contributed by atoms with Gasteiger partial charge in [0.05, 0.1) is 27.8 Å². The van der Waals surface area contributed by atoms with E-state index in [0.29, 0.717) is 0 Å². The molecule has 0 radical (unpaired) electrons. The Labute approximate surface area is 437 Å². The van der Waals surface area contributed by atoms with Gasteiger partial charge in [-0.25, -0.2) is 0 Å². The Balaban J connectivity index is 0.847. The number of furan rings is 2. The van der Waals surface area contributed by atoms with Crippen molar-refractivity contribution in [1.82, 2.24) is 9.13 Å². The number of fused-ring (bicyclic) bond motifs is 12. The maximum atomic E-state index is 7.33. The summed E-state index contributed by atoms with van der Waals surface area (Å²) in [6.45, 7) is 0. The Bertz CT molecular complexity index is 4940. The third-order valence-electron chi connectivity index (χ3n) is 15.7. The first-order chi connectivity index (χ1) is 37.7. The van der Waals surface area contributed by atoms with Crippen molar-refractivity contribution in [2.75, 3.05) is 0 Å². The lowest BCUT2D eigenvalue weighted by atomic mass is 9.94. The van der Waals surface area contributed by atoms with Crippen LogP contribution in [0, 0.1) is 0 Å². The van der Waals surface area contributed by atoms with E-state index in [1.54, 1.807) is 0 Å². The van der Waals surface area contributed by atoms with Gasteiger partial charge in [-0.3, -0.25) is 0 Å². The lowest BCUT2D eigenvalue weighted by Gasteiger charge is -2.13. The molecule has 4 aromatic heterocycles. The Morgan fingerprint density at radius 1 is 0.224 bits per heavy atom. The van der Waals surface area contributed by atoms with Crippen LogP contribution in [0.2, 0.25) is 0 Å². The van der Waals surface area contributed by atoms with Crippen molar-refractivity contribution < 1.29 is 8.83 Å². The third-order valence-corrected chi connectivity index (χ3v) is 15.7. The van der Waals surface area contributed by atoms with Crippen molar-refractivity contribution in [2.24, 2.45) is 0 Å². The fourth-order valence-electron chi connectivity index (χ4n) is 12.1. The molecule has 354 valence electrons. The van der Waals surface area contributed by atoms with Gasteiger partial charge in [0, 0.05) is 54.3 Å². The zero-order valence-electron chi connectivity index (χ0n) is 41.1. The zero-order valence-corrected chi connectivity index (χ0v) is 41.1. The quantitative estimate of drug-likeness (QED) is 0.160. The highest BCUT2D eigenvalue weighted by molar-refractivity contribution is 6.16. The van der Waals surface area contributed by atoms with Gasteiger partial charge in [0.15, 0.2) is 5.58 Å². The van der Waals surface area contributed by atoms with Crippen LogP contribution >= 0.6 is 0 Å². The van der Waals surface area contributed by atoms with Gasteiger partial charge in [-0.2, -0.15) is 0 Å². The predicted octanol–water partition coefficient (Wildman–Crippen LogP) is 20.0. The average Bonchev–Trinajstić information content (AvgIpc) is 4.29. The Morgan fingerprint density at radius 2 is 0.684 bits per heavy atom. The molecule has 0 fully saturated rings. The number of aromatic nitrogens is 2. The molecule has 12 aromatic carbocycles. The lowest BCUT2D eigenvalue weighted by molar-refractivity contribution is 0.667. The summed E-state index contributed by atoms with van der Waals surface area (Å²) in [6.07, 6.45) is 0. The molecule has 16 aromatic rings. The molecule has 76 heavy (non-hydrogen) atoms. The molecule has 16 rings (SSSR count). The fraction of sp³-hybridized carbons (Fsp3) is 0. The first-order valence-electron chi connectivity index (χ1n) is 26.0. The maximum absolute atomic E-state index is 7.33. The van der Waals surface area contributed by atoms with Crippen LogP contribution in [0.5, 0.6) is 0 Å². The van der Waals surface area contributed by atoms with E-state index in [9.17, 15) is 0 Å². The highest BCUT2D eigenvalue weighted by Crippen LogP contribution is 2.45. The van der Waals surface area contributed by atoms with Gasteiger partial charge in [0.2, 0.25) is 0 Å². The molecule has 0 aliphatic rings. The van der Waals surface area contributed by atoms with Crippen LogP contribution in [-0.4, -0.2) is 9.13 Å². The Morgan fingerprint density at radius 3 is 1.39 bits per heavy atom. The molecule has 4 nitrogen and oxygen atoms in total. The molecule has 0 amide bonds. The second-order valence-corrected chi connectivity index (χ2v) is 20.0.